The van der Waals surface area contributed by atoms with Gasteiger partial charge >= 0.3 is 6.18 Å². The molecule has 2 amide bonds. The second kappa shape index (κ2) is 11.0. The molecule has 0 aromatic heterocycles. The van der Waals surface area contributed by atoms with E-state index in [1.54, 1.807) is 4.90 Å². The minimum atomic E-state index is -4.46. The van der Waals surface area contributed by atoms with Gasteiger partial charge in [0.1, 0.15) is 4.32 Å². The zero-order chi connectivity index (χ0) is 24.0. The summed E-state index contributed by atoms with van der Waals surface area (Å²) in [6.45, 7) is 2.46. The van der Waals surface area contributed by atoms with Crippen molar-refractivity contribution in [3.05, 3.63) is 70.1 Å². The lowest BCUT2D eigenvalue weighted by Crippen LogP contribution is -2.29. The van der Waals surface area contributed by atoms with Gasteiger partial charge in [0.05, 0.1) is 10.5 Å². The lowest BCUT2D eigenvalue weighted by Gasteiger charge is -2.14. The maximum atomic E-state index is 12.8. The second-order valence-corrected chi connectivity index (χ2v) is 9.36. The van der Waals surface area contributed by atoms with Crippen LogP contribution in [0.4, 0.5) is 18.9 Å². The Balaban J connectivity index is 1.42. The number of anilines is 1. The predicted octanol–water partition coefficient (Wildman–Crippen LogP) is 6.41. The lowest BCUT2D eigenvalue weighted by molar-refractivity contribution is -0.137. The third kappa shape index (κ3) is 7.17. The molecule has 33 heavy (non-hydrogen) atoms. The van der Waals surface area contributed by atoms with Gasteiger partial charge in [-0.1, -0.05) is 66.3 Å². The summed E-state index contributed by atoms with van der Waals surface area (Å²) in [6, 6.07) is 12.4. The minimum absolute atomic E-state index is 0.118. The largest absolute Gasteiger partial charge is 0.416 e. The Labute approximate surface area is 200 Å². The number of hydrogen-bond donors (Lipinski definition) is 1. The van der Waals surface area contributed by atoms with E-state index in [1.165, 1.54) is 23.9 Å². The number of rotatable bonds is 8. The summed E-state index contributed by atoms with van der Waals surface area (Å²) in [7, 11) is 0. The first kappa shape index (κ1) is 25.0. The van der Waals surface area contributed by atoms with Crippen molar-refractivity contribution in [2.45, 2.75) is 38.8 Å². The Morgan fingerprint density at radius 3 is 2.55 bits per heavy atom. The fourth-order valence-corrected chi connectivity index (χ4v) is 4.54. The third-order valence-corrected chi connectivity index (χ3v) is 6.39. The number of halogens is 3. The van der Waals surface area contributed by atoms with Crippen LogP contribution in [0.2, 0.25) is 0 Å². The summed E-state index contributed by atoms with van der Waals surface area (Å²) >= 11 is 6.62. The zero-order valence-corrected chi connectivity index (χ0v) is 19.6. The highest BCUT2D eigenvalue weighted by Gasteiger charge is 2.32. The van der Waals surface area contributed by atoms with Crippen LogP contribution < -0.4 is 5.32 Å². The molecule has 1 saturated heterocycles. The molecule has 0 radical (unpaired) electrons. The number of amides is 2. The van der Waals surface area contributed by atoms with Crippen LogP contribution in [0, 0.1) is 6.92 Å². The zero-order valence-electron chi connectivity index (χ0n) is 17.9. The van der Waals surface area contributed by atoms with Gasteiger partial charge < -0.3 is 5.32 Å². The van der Waals surface area contributed by atoms with Crippen LogP contribution in [0.15, 0.2) is 53.4 Å². The first-order chi connectivity index (χ1) is 15.6. The van der Waals surface area contributed by atoms with Crippen LogP contribution in [0.25, 0.3) is 6.08 Å². The van der Waals surface area contributed by atoms with E-state index in [-0.39, 0.29) is 23.9 Å². The normalized spacial score (nSPS) is 15.4. The van der Waals surface area contributed by atoms with E-state index in [9.17, 15) is 22.8 Å². The predicted molar refractivity (Wildman–Crippen MR) is 130 cm³/mol. The molecule has 4 nitrogen and oxygen atoms in total. The number of nitrogens with one attached hydrogen (secondary N) is 1. The van der Waals surface area contributed by atoms with Crippen LogP contribution in [0.3, 0.4) is 0 Å². The van der Waals surface area contributed by atoms with E-state index in [1.807, 2.05) is 37.3 Å². The standard InChI is InChI=1S/C24H23F3N2O2S2/c1-16-9-11-17(12-10-16)14-20-22(31)29(23(32)33-20)13-4-2-3-8-21(30)28-19-7-5-6-18(15-19)24(25,26)27/h5-7,9-12,14-15H,2-4,8,13H2,1H3,(H,28,30). The Morgan fingerprint density at radius 2 is 1.85 bits per heavy atom. The molecule has 0 saturated carbocycles. The summed E-state index contributed by atoms with van der Waals surface area (Å²) in [6.07, 6.45) is -0.537. The van der Waals surface area contributed by atoms with Crippen LogP contribution in [0.1, 0.15) is 42.4 Å². The summed E-state index contributed by atoms with van der Waals surface area (Å²) in [5.74, 6) is -0.464. The number of nitrogens with zero attached hydrogens (tertiary/aromatic N) is 1. The van der Waals surface area contributed by atoms with Gasteiger partial charge in [0.25, 0.3) is 5.91 Å². The number of unbranched alkanes of at least 4 members (excludes halogenated alkanes) is 2. The highest BCUT2D eigenvalue weighted by molar-refractivity contribution is 8.26. The van der Waals surface area contributed by atoms with Gasteiger partial charge in [-0.3, -0.25) is 14.5 Å². The highest BCUT2D eigenvalue weighted by atomic mass is 32.2. The van der Waals surface area contributed by atoms with Gasteiger partial charge in [-0.15, -0.1) is 0 Å². The number of benzene rings is 2. The topological polar surface area (TPSA) is 49.4 Å². The molecular formula is C24H23F3N2O2S2. The summed E-state index contributed by atoms with van der Waals surface area (Å²) in [4.78, 5) is 26.9. The monoisotopic (exact) mass is 492 g/mol. The quantitative estimate of drug-likeness (QED) is 0.263. The van der Waals surface area contributed by atoms with E-state index >= 15 is 0 Å². The van der Waals surface area contributed by atoms with Crippen molar-refractivity contribution in [3.8, 4) is 0 Å². The average Bonchev–Trinajstić information content (AvgIpc) is 3.02. The van der Waals surface area contributed by atoms with Crippen molar-refractivity contribution in [2.75, 3.05) is 11.9 Å². The maximum absolute atomic E-state index is 12.8. The molecule has 2 aromatic carbocycles. The third-order valence-electron chi connectivity index (χ3n) is 5.01. The number of carbonyl (C=O) groups is 2. The van der Waals surface area contributed by atoms with Gasteiger partial charge in [0.2, 0.25) is 5.91 Å². The molecule has 9 heteroatoms. The Bertz CT molecular complexity index is 1070. The molecule has 0 atom stereocenters. The van der Waals surface area contributed by atoms with Crippen LogP contribution in [-0.4, -0.2) is 27.6 Å². The SMILES string of the molecule is Cc1ccc(C=C2SC(=S)N(CCCCCC(=O)Nc3cccc(C(F)(F)F)c3)C2=O)cc1. The molecule has 0 unspecified atom stereocenters. The van der Waals surface area contributed by atoms with Crippen molar-refractivity contribution in [3.63, 3.8) is 0 Å². The van der Waals surface area contributed by atoms with Crippen LogP contribution in [0.5, 0.6) is 0 Å². The molecule has 1 N–H and O–H groups in total. The van der Waals surface area contributed by atoms with E-state index in [0.29, 0.717) is 35.0 Å². The van der Waals surface area contributed by atoms with Crippen molar-refractivity contribution >= 4 is 51.9 Å². The average molecular weight is 493 g/mol. The number of alkyl halides is 3. The molecule has 0 aliphatic carbocycles. The molecule has 3 rings (SSSR count). The lowest BCUT2D eigenvalue weighted by atomic mass is 10.1. The molecule has 174 valence electrons. The fraction of sp³-hybridized carbons (Fsp3) is 0.292. The molecule has 0 bridgehead atoms. The van der Waals surface area contributed by atoms with Gasteiger partial charge in [0, 0.05) is 18.7 Å². The van der Waals surface area contributed by atoms with Crippen molar-refractivity contribution in [1.82, 2.24) is 4.90 Å². The first-order valence-electron chi connectivity index (χ1n) is 10.4. The van der Waals surface area contributed by atoms with E-state index in [4.69, 9.17) is 12.2 Å². The molecule has 0 spiro atoms. The van der Waals surface area contributed by atoms with Crippen molar-refractivity contribution in [1.29, 1.82) is 0 Å². The number of thioether (sulfide) groups is 1. The van der Waals surface area contributed by atoms with Gasteiger partial charge in [-0.05, 0) is 49.6 Å². The number of aryl methyl sites for hydroxylation is 1. The van der Waals surface area contributed by atoms with E-state index in [2.05, 4.69) is 5.32 Å². The Morgan fingerprint density at radius 1 is 1.12 bits per heavy atom. The van der Waals surface area contributed by atoms with Crippen LogP contribution in [-0.2, 0) is 15.8 Å². The van der Waals surface area contributed by atoms with Gasteiger partial charge in [-0.2, -0.15) is 13.2 Å². The summed E-state index contributed by atoms with van der Waals surface area (Å²) in [5, 5.41) is 2.50. The first-order valence-corrected chi connectivity index (χ1v) is 11.6. The second-order valence-electron chi connectivity index (χ2n) is 7.68. The molecule has 1 aliphatic heterocycles. The minimum Gasteiger partial charge on any atom is -0.326 e. The van der Waals surface area contributed by atoms with E-state index < -0.39 is 11.7 Å². The fourth-order valence-electron chi connectivity index (χ4n) is 3.24. The summed E-state index contributed by atoms with van der Waals surface area (Å²) < 4.78 is 38.8. The summed E-state index contributed by atoms with van der Waals surface area (Å²) in [5.41, 5.74) is 1.39. The smallest absolute Gasteiger partial charge is 0.326 e. The number of carbonyl (C=O) groups excluding carboxylic acids is 2. The molecule has 1 aliphatic rings. The number of hydrogen-bond acceptors (Lipinski definition) is 4. The maximum Gasteiger partial charge on any atom is 0.416 e. The van der Waals surface area contributed by atoms with E-state index in [0.717, 1.165) is 23.3 Å². The van der Waals surface area contributed by atoms with Gasteiger partial charge in [-0.25, -0.2) is 0 Å². The molecular weight excluding hydrogens is 469 g/mol. The Kier molecular flexibility index (Phi) is 8.31. The molecule has 2 aromatic rings. The van der Waals surface area contributed by atoms with Crippen molar-refractivity contribution in [2.24, 2.45) is 0 Å². The molecule has 1 heterocycles. The number of thiocarbonyl (C=S) groups is 1. The molecule has 1 fully saturated rings. The van der Waals surface area contributed by atoms with Crippen LogP contribution >= 0.6 is 24.0 Å². The van der Waals surface area contributed by atoms with Gasteiger partial charge in [0.15, 0.2) is 0 Å². The highest BCUT2D eigenvalue weighted by Crippen LogP contribution is 2.33. The van der Waals surface area contributed by atoms with Crippen molar-refractivity contribution < 1.29 is 22.8 Å². The Hall–Kier alpha value is -2.65.